The van der Waals surface area contributed by atoms with Gasteiger partial charge in [-0.05, 0) is 46.5 Å². The molecule has 5 aromatic rings. The minimum atomic E-state index is -5.19. The Morgan fingerprint density at radius 1 is 0.956 bits per heavy atom. The maximum absolute atomic E-state index is 13.5. The molecule has 3 aromatic carbocycles. The molecule has 0 saturated heterocycles. The van der Waals surface area contributed by atoms with Crippen molar-refractivity contribution in [2.24, 2.45) is 12.8 Å². The number of rotatable bonds is 8. The van der Waals surface area contributed by atoms with Crippen LogP contribution in [0.5, 0.6) is 5.75 Å². The second-order valence-corrected chi connectivity index (χ2v) is 10.0. The van der Waals surface area contributed by atoms with Gasteiger partial charge in [0.25, 0.3) is 5.91 Å². The van der Waals surface area contributed by atoms with Gasteiger partial charge in [-0.2, -0.15) is 13.2 Å². The molecule has 45 heavy (non-hydrogen) atoms. The van der Waals surface area contributed by atoms with Gasteiger partial charge in [-0.15, -0.1) is 0 Å². The number of nitrogens with one attached hydrogen (secondary N) is 2. The Kier molecular flexibility index (Phi) is 9.87. The van der Waals surface area contributed by atoms with E-state index in [1.54, 1.807) is 13.2 Å². The molecule has 0 saturated carbocycles. The van der Waals surface area contributed by atoms with Gasteiger partial charge in [0.2, 0.25) is 0 Å². The number of ether oxygens (including phenoxy) is 1. The summed E-state index contributed by atoms with van der Waals surface area (Å²) in [6, 6.07) is 27.5. The van der Waals surface area contributed by atoms with E-state index in [0.29, 0.717) is 30.1 Å². The molecule has 0 fully saturated rings. The number of hydrogen-bond donors (Lipinski definition) is 3. The van der Waals surface area contributed by atoms with Crippen LogP contribution in [0.4, 0.5) is 13.2 Å². The van der Waals surface area contributed by atoms with Crippen LogP contribution in [0.3, 0.4) is 0 Å². The fourth-order valence-electron chi connectivity index (χ4n) is 4.59. The molecular formula is C33H30F3N5O4. The number of carboxylic acid groups (broad SMARTS) is 1. The van der Waals surface area contributed by atoms with Gasteiger partial charge in [0.05, 0.1) is 12.6 Å². The zero-order valence-corrected chi connectivity index (χ0v) is 24.4. The smallest absolute Gasteiger partial charge is 0.430 e. The van der Waals surface area contributed by atoms with Crippen LogP contribution in [0.2, 0.25) is 0 Å². The third-order valence-corrected chi connectivity index (χ3v) is 6.89. The Morgan fingerprint density at radius 2 is 1.58 bits per heavy atom. The van der Waals surface area contributed by atoms with E-state index in [9.17, 15) is 18.0 Å². The molecule has 9 nitrogen and oxygen atoms in total. The Balaban J connectivity index is 0.000000591. The summed E-state index contributed by atoms with van der Waals surface area (Å²) in [5, 5.41) is 20.5. The summed E-state index contributed by atoms with van der Waals surface area (Å²) in [5.41, 5.74) is 12.0. The van der Waals surface area contributed by atoms with E-state index in [2.05, 4.69) is 29.6 Å². The second kappa shape index (κ2) is 13.8. The molecule has 4 N–H and O–H groups in total. The van der Waals surface area contributed by atoms with Crippen molar-refractivity contribution in [1.29, 1.82) is 5.41 Å². The molecule has 0 aliphatic rings. The number of amidine groups is 1. The first-order valence-electron chi connectivity index (χ1n) is 13.6. The number of pyridine rings is 1. The summed E-state index contributed by atoms with van der Waals surface area (Å²) in [6.07, 6.45) is -1.15. The number of alkyl halides is 3. The first kappa shape index (κ1) is 32.3. The average molecular weight is 618 g/mol. The van der Waals surface area contributed by atoms with Gasteiger partial charge in [-0.3, -0.25) is 10.2 Å². The Morgan fingerprint density at radius 3 is 2.18 bits per heavy atom. The van der Waals surface area contributed by atoms with Crippen molar-refractivity contribution in [2.45, 2.75) is 19.3 Å². The molecule has 0 bridgehead atoms. The molecule has 2 aromatic heterocycles. The predicted octanol–water partition coefficient (Wildman–Crippen LogP) is 3.70. The minimum absolute atomic E-state index is 0.0103. The number of carbonyl (C=O) groups is 2. The highest BCUT2D eigenvalue weighted by Gasteiger charge is 2.28. The van der Waals surface area contributed by atoms with Crippen LogP contribution >= 0.6 is 0 Å². The number of fused-ring (bicyclic) bond motifs is 1. The zero-order valence-electron chi connectivity index (χ0n) is 24.4. The third kappa shape index (κ3) is 8.05. The van der Waals surface area contributed by atoms with E-state index >= 15 is 0 Å². The first-order valence-corrected chi connectivity index (χ1v) is 13.6. The molecule has 0 aliphatic heterocycles. The van der Waals surface area contributed by atoms with Gasteiger partial charge in [-0.25, -0.2) is 4.57 Å². The minimum Gasteiger partial charge on any atom is -0.542 e. The topological polar surface area (TPSA) is 137 Å². The maximum atomic E-state index is 13.5. The monoisotopic (exact) mass is 617 g/mol. The molecule has 0 radical (unpaired) electrons. The van der Waals surface area contributed by atoms with Gasteiger partial charge in [0.1, 0.15) is 30.3 Å². The summed E-state index contributed by atoms with van der Waals surface area (Å²) in [4.78, 5) is 22.2. The van der Waals surface area contributed by atoms with Crippen molar-refractivity contribution in [3.63, 3.8) is 0 Å². The quantitative estimate of drug-likeness (QED) is 0.139. The molecule has 12 heteroatoms. The number of carboxylic acids is 1. The summed E-state index contributed by atoms with van der Waals surface area (Å²) in [6.45, 7) is 0.853. The van der Waals surface area contributed by atoms with E-state index in [1.807, 2.05) is 83.2 Å². The Hall–Kier alpha value is -5.65. The normalized spacial score (nSPS) is 11.0. The highest BCUT2D eigenvalue weighted by Crippen LogP contribution is 2.30. The lowest BCUT2D eigenvalue weighted by molar-refractivity contribution is -0.671. The molecule has 232 valence electrons. The van der Waals surface area contributed by atoms with E-state index in [-0.39, 0.29) is 11.7 Å². The van der Waals surface area contributed by atoms with E-state index in [1.165, 1.54) is 0 Å². The molecule has 1 amide bonds. The molecule has 5 rings (SSSR count). The fourth-order valence-corrected chi connectivity index (χ4v) is 4.59. The number of amides is 1. The second-order valence-electron chi connectivity index (χ2n) is 10.0. The highest BCUT2D eigenvalue weighted by molar-refractivity contribution is 6.00. The number of hydrogen-bond acceptors (Lipinski definition) is 5. The van der Waals surface area contributed by atoms with Gasteiger partial charge < -0.3 is 30.3 Å². The number of halogens is 3. The molecule has 0 unspecified atom stereocenters. The number of methoxy groups -OCH3 is 1. The zero-order chi connectivity index (χ0) is 32.7. The van der Waals surface area contributed by atoms with Crippen LogP contribution in [0.25, 0.3) is 22.0 Å². The SMILES string of the molecule is COc1cccc2c1cc(C(=O)NCc1ccc(-c3cc[n+](C)cc3)cc1)n2Cc1cccc(C(=N)N)c1.O=C([O-])C(F)(F)F. The Labute approximate surface area is 256 Å². The number of nitrogen functional groups attached to an aromatic ring is 1. The number of benzene rings is 3. The fraction of sp³-hybridized carbons (Fsp3) is 0.152. The van der Waals surface area contributed by atoms with E-state index in [0.717, 1.165) is 33.2 Å². The van der Waals surface area contributed by atoms with Crippen LogP contribution < -0.4 is 25.5 Å². The number of aryl methyl sites for hydroxylation is 1. The van der Waals surface area contributed by atoms with Crippen LogP contribution in [0.15, 0.2) is 97.3 Å². The molecule has 0 aliphatic carbocycles. The number of nitrogens with two attached hydrogens (primary N) is 1. The first-order chi connectivity index (χ1) is 21.4. The van der Waals surface area contributed by atoms with Gasteiger partial charge in [0.15, 0.2) is 12.4 Å². The van der Waals surface area contributed by atoms with Crippen LogP contribution in [-0.2, 0) is 24.9 Å². The summed E-state index contributed by atoms with van der Waals surface area (Å²) in [5.74, 6) is -2.47. The molecule has 0 spiro atoms. The lowest BCUT2D eigenvalue weighted by Gasteiger charge is -2.13. The maximum Gasteiger partial charge on any atom is 0.430 e. The number of carbonyl (C=O) groups excluding carboxylic acids is 2. The van der Waals surface area contributed by atoms with Crippen LogP contribution in [-0.4, -0.2) is 35.6 Å². The summed E-state index contributed by atoms with van der Waals surface area (Å²) in [7, 11) is 3.62. The number of nitrogens with zero attached hydrogens (tertiary/aromatic N) is 2. The third-order valence-electron chi connectivity index (χ3n) is 6.89. The summed E-state index contributed by atoms with van der Waals surface area (Å²) < 4.78 is 41.1. The molecular weight excluding hydrogens is 587 g/mol. The van der Waals surface area contributed by atoms with Crippen LogP contribution in [0.1, 0.15) is 27.2 Å². The van der Waals surface area contributed by atoms with E-state index < -0.39 is 12.1 Å². The summed E-state index contributed by atoms with van der Waals surface area (Å²) >= 11 is 0. The average Bonchev–Trinajstić information content (AvgIpc) is 3.39. The predicted molar refractivity (Wildman–Crippen MR) is 160 cm³/mol. The lowest BCUT2D eigenvalue weighted by Crippen LogP contribution is -2.37. The number of aliphatic carboxylic acids is 1. The standard InChI is InChI=1S/C31H29N5O2.C2HF3O2/c1-35-15-13-24(14-16-35)23-11-9-21(10-12-23)19-34-31(37)28-18-26-27(7-4-8-29(26)38-2)36(28)20-22-5-3-6-25(17-22)30(32)33;3-2(4,5)1(6)7/h3-18H,19-20H2,1-2H3,(H3-,32,33,34,37);(H,6,7). The lowest BCUT2D eigenvalue weighted by atomic mass is 10.1. The van der Waals surface area contributed by atoms with Crippen molar-refractivity contribution in [3.8, 4) is 16.9 Å². The molecule has 2 heterocycles. The number of aromatic nitrogens is 2. The van der Waals surface area contributed by atoms with Gasteiger partial charge in [0, 0.05) is 36.2 Å². The Bertz CT molecular complexity index is 1830. The van der Waals surface area contributed by atoms with Crippen molar-refractivity contribution in [1.82, 2.24) is 9.88 Å². The van der Waals surface area contributed by atoms with E-state index in [4.69, 9.17) is 25.8 Å². The van der Waals surface area contributed by atoms with Crippen molar-refractivity contribution in [3.05, 3.63) is 120 Å². The largest absolute Gasteiger partial charge is 0.542 e. The van der Waals surface area contributed by atoms with Crippen LogP contribution in [0, 0.1) is 5.41 Å². The van der Waals surface area contributed by atoms with Crippen molar-refractivity contribution >= 4 is 28.6 Å². The van der Waals surface area contributed by atoms with Crippen molar-refractivity contribution < 1.29 is 37.2 Å². The highest BCUT2D eigenvalue weighted by atomic mass is 19.4. The molecule has 0 atom stereocenters. The van der Waals surface area contributed by atoms with Gasteiger partial charge in [-0.1, -0.05) is 48.5 Å². The van der Waals surface area contributed by atoms with Gasteiger partial charge >= 0.3 is 6.18 Å². The van der Waals surface area contributed by atoms with Crippen molar-refractivity contribution in [2.75, 3.05) is 7.11 Å².